The third kappa shape index (κ3) is 2.60. The van der Waals surface area contributed by atoms with E-state index in [1.165, 1.54) is 19.1 Å². The zero-order valence-corrected chi connectivity index (χ0v) is 15.6. The number of ether oxygens (including phenoxy) is 2. The number of hydrogen-bond acceptors (Lipinski definition) is 8. The Hall–Kier alpha value is -2.23. The van der Waals surface area contributed by atoms with Gasteiger partial charge in [0.1, 0.15) is 12.2 Å². The van der Waals surface area contributed by atoms with Gasteiger partial charge < -0.3 is 9.47 Å². The number of hydrogen-bond donors (Lipinski definition) is 1. The minimum absolute atomic E-state index is 0.0214. The number of esters is 2. The molecule has 2 saturated heterocycles. The molecule has 1 aliphatic carbocycles. The van der Waals surface area contributed by atoms with Gasteiger partial charge in [0.15, 0.2) is 0 Å². The number of carbonyl (C=O) groups excluding carboxylic acids is 2. The van der Waals surface area contributed by atoms with Crippen LogP contribution >= 0.6 is 0 Å². The maximum absolute atomic E-state index is 12.6. The van der Waals surface area contributed by atoms with Gasteiger partial charge >= 0.3 is 11.9 Å². The molecule has 27 heavy (non-hydrogen) atoms. The molecule has 4 rings (SSSR count). The number of carbonyl (C=O) groups is 2. The van der Waals surface area contributed by atoms with Crippen LogP contribution in [0, 0.1) is 12.8 Å². The first-order valence-electron chi connectivity index (χ1n) is 8.51. The summed E-state index contributed by atoms with van der Waals surface area (Å²) in [5, 5.41) is 2.90. The highest BCUT2D eigenvalue weighted by molar-refractivity contribution is 7.86. The number of benzene rings is 1. The molecule has 1 aromatic rings. The second kappa shape index (κ2) is 5.88. The van der Waals surface area contributed by atoms with E-state index in [9.17, 15) is 18.0 Å². The molecule has 1 aromatic carbocycles. The summed E-state index contributed by atoms with van der Waals surface area (Å²) in [5.74, 6) is -1.95. The van der Waals surface area contributed by atoms with E-state index in [1.54, 1.807) is 12.1 Å². The molecular weight excluding hydrogens is 374 g/mol. The van der Waals surface area contributed by atoms with Crippen LogP contribution in [-0.2, 0) is 33.4 Å². The van der Waals surface area contributed by atoms with Crippen molar-refractivity contribution in [1.29, 1.82) is 0 Å². The standard InChI is InChI=1S/C18H19NO7S/c1-9(2)24-16(20)18-12-8-13(19-18)15(14(12)25-17(18)21)26-27(22,23)11-6-4-10(3)5-7-11/h4-7,12-15,19H,1,8H2,2-3H3/t12-,13+,14-,15-,18+/m0/s1. The Morgan fingerprint density at radius 3 is 2.63 bits per heavy atom. The number of aryl methyl sites for hydroxylation is 1. The zero-order chi connectivity index (χ0) is 19.6. The van der Waals surface area contributed by atoms with E-state index in [2.05, 4.69) is 11.9 Å². The van der Waals surface area contributed by atoms with Crippen molar-refractivity contribution in [2.45, 2.75) is 49.0 Å². The summed E-state index contributed by atoms with van der Waals surface area (Å²) in [7, 11) is -4.05. The average molecular weight is 393 g/mol. The molecule has 0 spiro atoms. The largest absolute Gasteiger partial charge is 0.457 e. The minimum atomic E-state index is -4.05. The lowest BCUT2D eigenvalue weighted by atomic mass is 9.85. The molecule has 2 heterocycles. The van der Waals surface area contributed by atoms with Gasteiger partial charge in [0, 0.05) is 12.0 Å². The number of allylic oxidation sites excluding steroid dienone is 1. The summed E-state index contributed by atoms with van der Waals surface area (Å²) in [6, 6.07) is 5.73. The molecule has 1 saturated carbocycles. The summed E-state index contributed by atoms with van der Waals surface area (Å²) < 4.78 is 41.0. The van der Waals surface area contributed by atoms with Gasteiger partial charge in [-0.15, -0.1) is 0 Å². The van der Waals surface area contributed by atoms with Crippen molar-refractivity contribution in [2.75, 3.05) is 0 Å². The first kappa shape index (κ1) is 18.1. The van der Waals surface area contributed by atoms with E-state index in [1.807, 2.05) is 6.92 Å². The Kier molecular flexibility index (Phi) is 3.95. The Labute approximate surface area is 156 Å². The predicted molar refractivity (Wildman–Crippen MR) is 91.8 cm³/mol. The molecule has 0 aromatic heterocycles. The lowest BCUT2D eigenvalue weighted by Gasteiger charge is -2.31. The molecule has 3 fully saturated rings. The van der Waals surface area contributed by atoms with E-state index in [0.29, 0.717) is 6.42 Å². The molecule has 5 atom stereocenters. The van der Waals surface area contributed by atoms with Crippen LogP contribution in [0.5, 0.6) is 0 Å². The first-order valence-corrected chi connectivity index (χ1v) is 9.92. The monoisotopic (exact) mass is 393 g/mol. The van der Waals surface area contributed by atoms with Crippen molar-refractivity contribution in [1.82, 2.24) is 5.32 Å². The SMILES string of the molecule is C=C(C)OC(=O)[C@]12N[C@@H]3C[C@H]1[C@H](OC2=O)[C@H]3OS(=O)(=O)c1ccc(C)cc1. The van der Waals surface area contributed by atoms with Crippen molar-refractivity contribution < 1.29 is 31.7 Å². The van der Waals surface area contributed by atoms with Gasteiger partial charge in [0.05, 0.1) is 10.7 Å². The quantitative estimate of drug-likeness (QED) is 0.339. The number of rotatable bonds is 5. The second-order valence-corrected chi connectivity index (χ2v) is 8.76. The maximum atomic E-state index is 12.6. The van der Waals surface area contributed by atoms with E-state index in [-0.39, 0.29) is 10.7 Å². The number of nitrogens with one attached hydrogen (secondary N) is 1. The van der Waals surface area contributed by atoms with Crippen molar-refractivity contribution in [3.8, 4) is 0 Å². The van der Waals surface area contributed by atoms with Crippen LogP contribution in [0.2, 0.25) is 0 Å². The van der Waals surface area contributed by atoms with Crippen LogP contribution in [0.1, 0.15) is 18.9 Å². The third-order valence-corrected chi connectivity index (χ3v) is 6.62. The van der Waals surface area contributed by atoms with E-state index >= 15 is 0 Å². The topological polar surface area (TPSA) is 108 Å². The van der Waals surface area contributed by atoms with Crippen LogP contribution in [-0.4, -0.2) is 44.1 Å². The van der Waals surface area contributed by atoms with Crippen molar-refractivity contribution in [2.24, 2.45) is 5.92 Å². The van der Waals surface area contributed by atoms with Crippen molar-refractivity contribution in [3.63, 3.8) is 0 Å². The highest BCUT2D eigenvalue weighted by Crippen LogP contribution is 2.51. The molecule has 1 N–H and O–H groups in total. The first-order chi connectivity index (χ1) is 12.6. The predicted octanol–water partition coefficient (Wildman–Crippen LogP) is 0.802. The lowest BCUT2D eigenvalue weighted by molar-refractivity contribution is -0.157. The van der Waals surface area contributed by atoms with Gasteiger partial charge in [-0.25, -0.2) is 9.59 Å². The highest BCUT2D eigenvalue weighted by Gasteiger charge is 2.75. The summed E-state index contributed by atoms with van der Waals surface area (Å²) in [6.07, 6.45) is -1.37. The van der Waals surface area contributed by atoms with Crippen LogP contribution in [0.25, 0.3) is 0 Å². The van der Waals surface area contributed by atoms with Crippen LogP contribution < -0.4 is 5.32 Å². The van der Waals surface area contributed by atoms with Crippen molar-refractivity contribution >= 4 is 22.1 Å². The highest BCUT2D eigenvalue weighted by atomic mass is 32.2. The molecule has 0 radical (unpaired) electrons. The maximum Gasteiger partial charge on any atom is 0.343 e. The van der Waals surface area contributed by atoms with Gasteiger partial charge in [0.25, 0.3) is 10.1 Å². The Balaban J connectivity index is 1.58. The van der Waals surface area contributed by atoms with Crippen LogP contribution in [0.3, 0.4) is 0 Å². The van der Waals surface area contributed by atoms with Gasteiger partial charge in [-0.1, -0.05) is 24.3 Å². The molecule has 2 bridgehead atoms. The van der Waals surface area contributed by atoms with E-state index in [4.69, 9.17) is 13.7 Å². The molecular formula is C18H19NO7S. The Morgan fingerprint density at radius 2 is 2.00 bits per heavy atom. The van der Waals surface area contributed by atoms with Gasteiger partial charge in [0.2, 0.25) is 5.54 Å². The molecule has 0 amide bonds. The number of fused-ring (bicyclic) bond motifs is 1. The molecule has 8 nitrogen and oxygen atoms in total. The van der Waals surface area contributed by atoms with E-state index < -0.39 is 51.8 Å². The van der Waals surface area contributed by atoms with Gasteiger partial charge in [-0.2, -0.15) is 8.42 Å². The zero-order valence-electron chi connectivity index (χ0n) is 14.8. The number of piperidine rings is 1. The van der Waals surface area contributed by atoms with Crippen LogP contribution in [0.15, 0.2) is 41.5 Å². The van der Waals surface area contributed by atoms with Gasteiger partial charge in [-0.05, 0) is 32.4 Å². The molecule has 3 aliphatic rings. The van der Waals surface area contributed by atoms with Gasteiger partial charge in [-0.3, -0.25) is 9.50 Å². The smallest absolute Gasteiger partial charge is 0.343 e. The summed E-state index contributed by atoms with van der Waals surface area (Å²) >= 11 is 0. The normalized spacial score (nSPS) is 33.8. The fraction of sp³-hybridized carbons (Fsp3) is 0.444. The summed E-state index contributed by atoms with van der Waals surface area (Å²) in [5.41, 5.74) is -0.706. The summed E-state index contributed by atoms with van der Waals surface area (Å²) in [4.78, 5) is 24.9. The lowest BCUT2D eigenvalue weighted by Crippen LogP contribution is -2.62. The Morgan fingerprint density at radius 1 is 1.33 bits per heavy atom. The molecule has 9 heteroatoms. The molecule has 2 aliphatic heterocycles. The second-order valence-electron chi connectivity index (χ2n) is 7.19. The molecule has 144 valence electrons. The summed E-state index contributed by atoms with van der Waals surface area (Å²) in [6.45, 7) is 6.85. The van der Waals surface area contributed by atoms with Crippen molar-refractivity contribution in [3.05, 3.63) is 42.2 Å². The fourth-order valence-electron chi connectivity index (χ4n) is 4.10. The fourth-order valence-corrected chi connectivity index (χ4v) is 5.22. The minimum Gasteiger partial charge on any atom is -0.457 e. The van der Waals surface area contributed by atoms with E-state index in [0.717, 1.165) is 5.56 Å². The molecule has 0 unspecified atom stereocenters. The Bertz CT molecular complexity index is 939. The van der Waals surface area contributed by atoms with Crippen LogP contribution in [0.4, 0.5) is 0 Å². The average Bonchev–Trinajstić information content (AvgIpc) is 3.17. The third-order valence-electron chi connectivity index (χ3n) is 5.30.